The van der Waals surface area contributed by atoms with E-state index >= 15 is 0 Å². The summed E-state index contributed by atoms with van der Waals surface area (Å²) in [5.74, 6) is 1.89. The number of aryl methyl sites for hydroxylation is 2. The van der Waals surface area contributed by atoms with Crippen LogP contribution in [0.1, 0.15) is 44.6 Å². The molecule has 0 spiro atoms. The number of hydrogen-bond donors (Lipinski definition) is 2. The van der Waals surface area contributed by atoms with Crippen LogP contribution in [0, 0.1) is 31.6 Å². The Balaban J connectivity index is 3.00. The van der Waals surface area contributed by atoms with Crippen molar-refractivity contribution in [1.29, 1.82) is 0 Å². The van der Waals surface area contributed by atoms with Crippen LogP contribution in [-0.4, -0.2) is 16.5 Å². The molecule has 0 bridgehead atoms. The van der Waals surface area contributed by atoms with Gasteiger partial charge >= 0.3 is 0 Å². The molecule has 1 rings (SSSR count). The van der Waals surface area contributed by atoms with Crippen LogP contribution in [0.15, 0.2) is 6.07 Å². The van der Waals surface area contributed by atoms with Crippen LogP contribution in [0.3, 0.4) is 0 Å². The first-order chi connectivity index (χ1) is 9.23. The number of anilines is 1. The molecule has 3 N–H and O–H groups in total. The van der Waals surface area contributed by atoms with Gasteiger partial charge in [0.15, 0.2) is 0 Å². The lowest BCUT2D eigenvalue weighted by Crippen LogP contribution is -2.26. The van der Waals surface area contributed by atoms with Gasteiger partial charge in [-0.15, -0.1) is 0 Å². The van der Waals surface area contributed by atoms with Crippen molar-refractivity contribution in [3.8, 4) is 0 Å². The van der Waals surface area contributed by atoms with E-state index < -0.39 is 0 Å². The third-order valence-electron chi connectivity index (χ3n) is 3.82. The maximum absolute atomic E-state index is 5.84. The van der Waals surface area contributed by atoms with Crippen molar-refractivity contribution < 1.29 is 0 Å². The highest BCUT2D eigenvalue weighted by molar-refractivity contribution is 7.80. The fourth-order valence-corrected chi connectivity index (χ4v) is 3.01. The van der Waals surface area contributed by atoms with Gasteiger partial charge in [0.25, 0.3) is 0 Å². The van der Waals surface area contributed by atoms with Crippen LogP contribution < -0.4 is 11.1 Å². The summed E-state index contributed by atoms with van der Waals surface area (Å²) in [6.07, 6.45) is 0. The molecular formula is C16H27N3S. The van der Waals surface area contributed by atoms with Crippen molar-refractivity contribution in [2.75, 3.05) is 11.9 Å². The molecule has 112 valence electrons. The number of nitrogens with two attached hydrogens (primary N) is 1. The number of pyridine rings is 1. The molecule has 0 saturated carbocycles. The summed E-state index contributed by atoms with van der Waals surface area (Å²) in [5.41, 5.74) is 9.60. The number of hydrogen-bond acceptors (Lipinski definition) is 3. The van der Waals surface area contributed by atoms with E-state index in [0.717, 1.165) is 29.2 Å². The zero-order valence-electron chi connectivity index (χ0n) is 13.4. The van der Waals surface area contributed by atoms with Crippen molar-refractivity contribution in [2.45, 2.75) is 41.5 Å². The van der Waals surface area contributed by atoms with Gasteiger partial charge in [-0.2, -0.15) is 0 Å². The van der Waals surface area contributed by atoms with E-state index in [4.69, 9.17) is 18.0 Å². The Kier molecular flexibility index (Phi) is 5.93. The molecule has 1 aromatic rings. The van der Waals surface area contributed by atoms with E-state index in [9.17, 15) is 0 Å². The molecule has 3 nitrogen and oxygen atoms in total. The number of nitrogens with one attached hydrogen (secondary N) is 1. The van der Waals surface area contributed by atoms with E-state index in [-0.39, 0.29) is 0 Å². The highest BCUT2D eigenvalue weighted by Gasteiger charge is 2.18. The molecule has 0 atom stereocenters. The Morgan fingerprint density at radius 1 is 1.25 bits per heavy atom. The van der Waals surface area contributed by atoms with Gasteiger partial charge in [-0.3, -0.25) is 4.98 Å². The molecule has 0 aliphatic carbocycles. The third-order valence-corrected chi connectivity index (χ3v) is 4.02. The van der Waals surface area contributed by atoms with Crippen LogP contribution in [-0.2, 0) is 0 Å². The van der Waals surface area contributed by atoms with Crippen molar-refractivity contribution in [3.05, 3.63) is 23.0 Å². The molecule has 0 aliphatic heterocycles. The molecule has 0 aliphatic rings. The molecule has 0 unspecified atom stereocenters. The lowest BCUT2D eigenvalue weighted by atomic mass is 9.85. The molecule has 0 amide bonds. The summed E-state index contributed by atoms with van der Waals surface area (Å²) in [6.45, 7) is 13.9. The Labute approximate surface area is 128 Å². The second kappa shape index (κ2) is 7.02. The molecule has 1 heterocycles. The average molecular weight is 293 g/mol. The SMILES string of the molecule is Cc1cc(NCC(C(C)C)C(C)C)c(C(N)=S)c(C)n1. The van der Waals surface area contributed by atoms with Gasteiger partial charge < -0.3 is 11.1 Å². The van der Waals surface area contributed by atoms with Gasteiger partial charge in [0.05, 0.1) is 5.56 Å². The fourth-order valence-electron chi connectivity index (χ4n) is 2.75. The first-order valence-corrected chi connectivity index (χ1v) is 7.66. The summed E-state index contributed by atoms with van der Waals surface area (Å²) in [6, 6.07) is 2.03. The quantitative estimate of drug-likeness (QED) is 0.786. The minimum Gasteiger partial charge on any atom is -0.389 e. The van der Waals surface area contributed by atoms with E-state index in [2.05, 4.69) is 38.0 Å². The van der Waals surface area contributed by atoms with Crippen molar-refractivity contribution in [3.63, 3.8) is 0 Å². The Morgan fingerprint density at radius 2 is 1.80 bits per heavy atom. The van der Waals surface area contributed by atoms with E-state index in [1.807, 2.05) is 19.9 Å². The van der Waals surface area contributed by atoms with E-state index in [1.165, 1.54) is 0 Å². The highest BCUT2D eigenvalue weighted by atomic mass is 32.1. The lowest BCUT2D eigenvalue weighted by molar-refractivity contribution is 0.304. The molecule has 4 heteroatoms. The van der Waals surface area contributed by atoms with E-state index in [1.54, 1.807) is 0 Å². The van der Waals surface area contributed by atoms with Crippen LogP contribution in [0.25, 0.3) is 0 Å². The summed E-state index contributed by atoms with van der Waals surface area (Å²) < 4.78 is 0. The first-order valence-electron chi connectivity index (χ1n) is 7.26. The summed E-state index contributed by atoms with van der Waals surface area (Å²) >= 11 is 5.16. The normalized spacial score (nSPS) is 11.4. The topological polar surface area (TPSA) is 50.9 Å². The Bertz CT molecular complexity index is 473. The minimum atomic E-state index is 0.406. The standard InChI is InChI=1S/C16H27N3S/c1-9(2)13(10(3)4)8-18-14-7-11(5)19-12(6)15(14)16(17)20/h7,9-10,13H,8H2,1-6H3,(H2,17,20)(H,18,19). The average Bonchev–Trinajstić information content (AvgIpc) is 2.26. The van der Waals surface area contributed by atoms with Gasteiger partial charge in [0, 0.05) is 23.6 Å². The number of aromatic nitrogens is 1. The van der Waals surface area contributed by atoms with Gasteiger partial charge in [-0.25, -0.2) is 0 Å². The van der Waals surface area contributed by atoms with Crippen LogP contribution in [0.2, 0.25) is 0 Å². The third kappa shape index (κ3) is 4.17. The number of rotatable bonds is 6. The molecule has 20 heavy (non-hydrogen) atoms. The largest absolute Gasteiger partial charge is 0.389 e. The Hall–Kier alpha value is -1.16. The first kappa shape index (κ1) is 16.9. The molecule has 0 aromatic carbocycles. The zero-order chi connectivity index (χ0) is 15.4. The van der Waals surface area contributed by atoms with Gasteiger partial charge in [0.2, 0.25) is 0 Å². The predicted molar refractivity (Wildman–Crippen MR) is 91.3 cm³/mol. The van der Waals surface area contributed by atoms with Gasteiger partial charge in [-0.1, -0.05) is 39.9 Å². The maximum atomic E-state index is 5.84. The number of nitrogens with zero attached hydrogens (tertiary/aromatic N) is 1. The van der Waals surface area contributed by atoms with Crippen LogP contribution in [0.4, 0.5) is 5.69 Å². The van der Waals surface area contributed by atoms with Gasteiger partial charge in [-0.05, 0) is 37.7 Å². The van der Waals surface area contributed by atoms with Crippen molar-refractivity contribution in [1.82, 2.24) is 4.98 Å². The van der Waals surface area contributed by atoms with Crippen LogP contribution >= 0.6 is 12.2 Å². The smallest absolute Gasteiger partial charge is 0.107 e. The monoisotopic (exact) mass is 293 g/mol. The lowest BCUT2D eigenvalue weighted by Gasteiger charge is -2.26. The molecule has 0 saturated heterocycles. The van der Waals surface area contributed by atoms with E-state index in [0.29, 0.717) is 22.7 Å². The summed E-state index contributed by atoms with van der Waals surface area (Å²) in [7, 11) is 0. The van der Waals surface area contributed by atoms with Crippen LogP contribution in [0.5, 0.6) is 0 Å². The number of thiocarbonyl (C=S) groups is 1. The second-order valence-electron chi connectivity index (χ2n) is 6.17. The maximum Gasteiger partial charge on any atom is 0.107 e. The summed E-state index contributed by atoms with van der Waals surface area (Å²) in [5, 5.41) is 3.53. The fraction of sp³-hybridized carbons (Fsp3) is 0.625. The minimum absolute atomic E-state index is 0.406. The van der Waals surface area contributed by atoms with Crippen molar-refractivity contribution in [2.24, 2.45) is 23.5 Å². The van der Waals surface area contributed by atoms with Crippen molar-refractivity contribution >= 4 is 22.9 Å². The Morgan fingerprint density at radius 3 is 2.25 bits per heavy atom. The summed E-state index contributed by atoms with van der Waals surface area (Å²) in [4.78, 5) is 4.85. The van der Waals surface area contributed by atoms with Gasteiger partial charge in [0.1, 0.15) is 4.99 Å². The highest BCUT2D eigenvalue weighted by Crippen LogP contribution is 2.24. The molecule has 1 aromatic heterocycles. The zero-order valence-corrected chi connectivity index (χ0v) is 14.3. The predicted octanol–water partition coefficient (Wildman–Crippen LogP) is 3.67. The molecule has 0 radical (unpaired) electrons. The second-order valence-corrected chi connectivity index (χ2v) is 6.61. The molecule has 0 fully saturated rings. The molecular weight excluding hydrogens is 266 g/mol.